The lowest BCUT2D eigenvalue weighted by Gasteiger charge is -2.38. The first-order chi connectivity index (χ1) is 14.3. The second-order valence-electron chi connectivity index (χ2n) is 7.66. The molecule has 0 bridgehead atoms. The summed E-state index contributed by atoms with van der Waals surface area (Å²) in [5.41, 5.74) is 0.120. The van der Waals surface area contributed by atoms with E-state index < -0.39 is 11.5 Å². The highest BCUT2D eigenvalue weighted by molar-refractivity contribution is 8.03. The first-order valence-corrected chi connectivity index (χ1v) is 10.7. The Kier molecular flexibility index (Phi) is 5.31. The first kappa shape index (κ1) is 20.5. The van der Waals surface area contributed by atoms with E-state index in [1.165, 1.54) is 40.9 Å². The van der Waals surface area contributed by atoms with E-state index in [1.807, 2.05) is 38.1 Å². The predicted octanol–water partition coefficient (Wildman–Crippen LogP) is 4.26. The molecule has 4 rings (SSSR count). The highest BCUT2D eigenvalue weighted by Crippen LogP contribution is 2.51. The minimum absolute atomic E-state index is 0.0523. The number of fused-ring (bicyclic) bond motifs is 1. The van der Waals surface area contributed by atoms with Crippen molar-refractivity contribution in [2.75, 3.05) is 5.75 Å². The minimum atomic E-state index is -1.60. The molecule has 0 radical (unpaired) electrons. The zero-order valence-corrected chi connectivity index (χ0v) is 17.4. The maximum atomic E-state index is 13.3. The Balaban J connectivity index is 1.71. The zero-order valence-electron chi connectivity index (χ0n) is 16.6. The van der Waals surface area contributed by atoms with E-state index in [9.17, 15) is 19.6 Å². The highest BCUT2D eigenvalue weighted by atomic mass is 32.2. The molecule has 1 N–H and O–H groups in total. The van der Waals surface area contributed by atoms with Crippen molar-refractivity contribution in [3.63, 3.8) is 0 Å². The summed E-state index contributed by atoms with van der Waals surface area (Å²) in [5, 5.41) is 21.7. The standard InChI is InChI=1S/C23H21FN2O3S/c1-14(2)29-18-9-3-15(4-10-18)19-11-21(27)26-22(20(19)12-25)30-13-23(26,28)16-5-7-17(24)8-6-16/h3-10,14,19,28H,11,13H2,1-2H3/t19-,23-/m0/s1. The third kappa shape index (κ3) is 3.47. The summed E-state index contributed by atoms with van der Waals surface area (Å²) in [6.07, 6.45) is 0.123. The molecule has 2 atom stereocenters. The normalized spacial score (nSPS) is 23.5. The van der Waals surface area contributed by atoms with Gasteiger partial charge in [0.15, 0.2) is 5.72 Å². The monoisotopic (exact) mass is 424 g/mol. The van der Waals surface area contributed by atoms with Gasteiger partial charge >= 0.3 is 0 Å². The van der Waals surface area contributed by atoms with Crippen LogP contribution in [0.4, 0.5) is 4.39 Å². The largest absolute Gasteiger partial charge is 0.491 e. The van der Waals surface area contributed by atoms with E-state index in [-0.39, 0.29) is 30.1 Å². The molecule has 0 unspecified atom stereocenters. The Morgan fingerprint density at radius 3 is 2.50 bits per heavy atom. The van der Waals surface area contributed by atoms with Crippen molar-refractivity contribution in [1.29, 1.82) is 5.26 Å². The Bertz CT molecular complexity index is 1040. The summed E-state index contributed by atoms with van der Waals surface area (Å²) in [5.74, 6) is -0.169. The Hall–Kier alpha value is -2.82. The summed E-state index contributed by atoms with van der Waals surface area (Å²) in [7, 11) is 0. The van der Waals surface area contributed by atoms with Crippen LogP contribution in [-0.4, -0.2) is 27.8 Å². The van der Waals surface area contributed by atoms with Crippen LogP contribution in [0.2, 0.25) is 0 Å². The van der Waals surface area contributed by atoms with Gasteiger partial charge in [0.2, 0.25) is 5.91 Å². The summed E-state index contributed by atoms with van der Waals surface area (Å²) < 4.78 is 19.0. The van der Waals surface area contributed by atoms with Gasteiger partial charge in [0.05, 0.1) is 28.5 Å². The zero-order chi connectivity index (χ0) is 21.5. The van der Waals surface area contributed by atoms with Gasteiger partial charge in [-0.1, -0.05) is 24.3 Å². The Morgan fingerprint density at radius 1 is 1.23 bits per heavy atom. The van der Waals surface area contributed by atoms with Gasteiger partial charge in [-0.15, -0.1) is 11.8 Å². The number of halogens is 1. The topological polar surface area (TPSA) is 73.6 Å². The number of amides is 1. The third-order valence-corrected chi connectivity index (χ3v) is 6.49. The van der Waals surface area contributed by atoms with Crippen molar-refractivity contribution >= 4 is 17.7 Å². The van der Waals surface area contributed by atoms with E-state index in [0.29, 0.717) is 16.2 Å². The fraction of sp³-hybridized carbons (Fsp3) is 0.304. The number of nitriles is 1. The SMILES string of the molecule is CC(C)Oc1ccc([C@@H]2CC(=O)N3C(=C2C#N)SC[C@]3(O)c2ccc(F)cc2)cc1. The fourth-order valence-corrected chi connectivity index (χ4v) is 5.25. The van der Waals surface area contributed by atoms with Crippen LogP contribution in [0.3, 0.4) is 0 Å². The number of hydrogen-bond acceptors (Lipinski definition) is 5. The number of allylic oxidation sites excluding steroid dienone is 1. The average molecular weight is 424 g/mol. The molecule has 0 spiro atoms. The van der Waals surface area contributed by atoms with Crippen molar-refractivity contribution in [3.05, 3.63) is 76.1 Å². The molecule has 1 saturated heterocycles. The van der Waals surface area contributed by atoms with Crippen LogP contribution in [0.1, 0.15) is 37.3 Å². The summed E-state index contributed by atoms with van der Waals surface area (Å²) >= 11 is 1.27. The van der Waals surface area contributed by atoms with Crippen molar-refractivity contribution in [3.8, 4) is 11.8 Å². The molecule has 154 valence electrons. The molecule has 2 aromatic rings. The highest BCUT2D eigenvalue weighted by Gasteiger charge is 2.51. The number of hydrogen-bond donors (Lipinski definition) is 1. The first-order valence-electron chi connectivity index (χ1n) is 9.68. The van der Waals surface area contributed by atoms with Crippen LogP contribution >= 0.6 is 11.8 Å². The van der Waals surface area contributed by atoms with E-state index in [4.69, 9.17) is 4.74 Å². The second kappa shape index (κ2) is 7.78. The lowest BCUT2D eigenvalue weighted by atomic mass is 9.85. The molecule has 5 nitrogen and oxygen atoms in total. The Labute approximate surface area is 178 Å². The maximum Gasteiger partial charge on any atom is 0.231 e. The molecule has 1 amide bonds. The smallest absolute Gasteiger partial charge is 0.231 e. The molecule has 1 fully saturated rings. The fourth-order valence-electron chi connectivity index (χ4n) is 3.89. The number of carbonyl (C=O) groups is 1. The van der Waals surface area contributed by atoms with Gasteiger partial charge in [-0.3, -0.25) is 9.69 Å². The molecule has 0 aliphatic carbocycles. The van der Waals surface area contributed by atoms with Crippen LogP contribution in [0.15, 0.2) is 59.1 Å². The van der Waals surface area contributed by atoms with Crippen molar-refractivity contribution in [2.24, 2.45) is 0 Å². The number of nitrogens with zero attached hydrogens (tertiary/aromatic N) is 2. The average Bonchev–Trinajstić information content (AvgIpc) is 3.08. The van der Waals surface area contributed by atoms with Crippen LogP contribution in [-0.2, 0) is 10.5 Å². The van der Waals surface area contributed by atoms with Crippen LogP contribution in [0.25, 0.3) is 0 Å². The molecule has 0 aromatic heterocycles. The van der Waals surface area contributed by atoms with E-state index in [2.05, 4.69) is 6.07 Å². The van der Waals surface area contributed by atoms with Gasteiger partial charge in [-0.05, 0) is 43.7 Å². The second-order valence-corrected chi connectivity index (χ2v) is 8.63. The molecule has 0 saturated carbocycles. The quantitative estimate of drug-likeness (QED) is 0.794. The van der Waals surface area contributed by atoms with E-state index >= 15 is 0 Å². The van der Waals surface area contributed by atoms with Gasteiger partial charge in [-0.25, -0.2) is 4.39 Å². The van der Waals surface area contributed by atoms with E-state index in [0.717, 1.165) is 11.3 Å². The number of ether oxygens (including phenoxy) is 1. The molecule has 7 heteroatoms. The maximum absolute atomic E-state index is 13.3. The lowest BCUT2D eigenvalue weighted by molar-refractivity contribution is -0.149. The number of rotatable bonds is 4. The van der Waals surface area contributed by atoms with Crippen LogP contribution < -0.4 is 4.74 Å². The number of thioether (sulfide) groups is 1. The number of benzene rings is 2. The Morgan fingerprint density at radius 2 is 1.90 bits per heavy atom. The number of aliphatic hydroxyl groups is 1. The van der Waals surface area contributed by atoms with Gasteiger partial charge < -0.3 is 9.84 Å². The molecule has 2 heterocycles. The third-order valence-electron chi connectivity index (χ3n) is 5.27. The van der Waals surface area contributed by atoms with Crippen LogP contribution in [0, 0.1) is 17.1 Å². The van der Waals surface area contributed by atoms with Gasteiger partial charge in [-0.2, -0.15) is 5.26 Å². The lowest BCUT2D eigenvalue weighted by Crippen LogP contribution is -2.48. The van der Waals surface area contributed by atoms with Gasteiger partial charge in [0.25, 0.3) is 0 Å². The molecule has 30 heavy (non-hydrogen) atoms. The van der Waals surface area contributed by atoms with Crippen molar-refractivity contribution in [2.45, 2.75) is 38.0 Å². The number of carbonyl (C=O) groups excluding carboxylic acids is 1. The summed E-state index contributed by atoms with van der Waals surface area (Å²) in [4.78, 5) is 14.4. The van der Waals surface area contributed by atoms with Gasteiger partial charge in [0.1, 0.15) is 11.6 Å². The molecule has 2 aliphatic rings. The van der Waals surface area contributed by atoms with E-state index in [1.54, 1.807) is 0 Å². The predicted molar refractivity (Wildman–Crippen MR) is 112 cm³/mol. The molecule has 2 aromatic carbocycles. The summed E-state index contributed by atoms with van der Waals surface area (Å²) in [6.45, 7) is 3.89. The molecular weight excluding hydrogens is 403 g/mol. The van der Waals surface area contributed by atoms with Crippen molar-refractivity contribution < 1.29 is 19.0 Å². The molecule has 2 aliphatic heterocycles. The summed E-state index contributed by atoms with van der Waals surface area (Å²) in [6, 6.07) is 15.1. The van der Waals surface area contributed by atoms with Crippen LogP contribution in [0.5, 0.6) is 5.75 Å². The van der Waals surface area contributed by atoms with Crippen molar-refractivity contribution in [1.82, 2.24) is 4.90 Å². The minimum Gasteiger partial charge on any atom is -0.491 e. The molecular formula is C23H21FN2O3S. The van der Waals surface area contributed by atoms with Gasteiger partial charge in [0, 0.05) is 17.9 Å².